The van der Waals surface area contributed by atoms with E-state index >= 15 is 0 Å². The summed E-state index contributed by atoms with van der Waals surface area (Å²) in [6.45, 7) is 6.35. The van der Waals surface area contributed by atoms with Crippen LogP contribution in [0, 0.1) is 5.41 Å². The van der Waals surface area contributed by atoms with Gasteiger partial charge in [-0.25, -0.2) is 12.7 Å². The van der Waals surface area contributed by atoms with Crippen molar-refractivity contribution in [1.82, 2.24) is 14.1 Å². The molecule has 0 unspecified atom stereocenters. The first kappa shape index (κ1) is 14.0. The summed E-state index contributed by atoms with van der Waals surface area (Å²) in [5, 5.41) is 3.84. The zero-order chi connectivity index (χ0) is 13.4. The van der Waals surface area contributed by atoms with Crippen molar-refractivity contribution in [2.24, 2.45) is 12.5 Å². The van der Waals surface area contributed by atoms with Crippen molar-refractivity contribution in [3.05, 3.63) is 6.20 Å². The maximum atomic E-state index is 12.2. The quantitative estimate of drug-likeness (QED) is 0.866. The van der Waals surface area contributed by atoms with E-state index in [4.69, 9.17) is 5.73 Å². The van der Waals surface area contributed by atoms with E-state index in [9.17, 15) is 8.42 Å². The smallest absolute Gasteiger partial charge is 0.248 e. The Morgan fingerprint density at radius 3 is 2.35 bits per heavy atom. The standard InChI is InChI=1S/C10H20N4O2S/c1-10(2,3)7-14(5)17(15,16)8-6-13(4)12-9(8)11/h6H,7H2,1-5H3,(H2,11,12). The highest BCUT2D eigenvalue weighted by molar-refractivity contribution is 7.89. The van der Waals surface area contributed by atoms with Crippen molar-refractivity contribution >= 4 is 15.8 Å². The van der Waals surface area contributed by atoms with E-state index in [1.807, 2.05) is 20.8 Å². The summed E-state index contributed by atoms with van der Waals surface area (Å²) < 4.78 is 27.2. The summed E-state index contributed by atoms with van der Waals surface area (Å²) in [6.07, 6.45) is 1.42. The molecule has 0 aliphatic carbocycles. The van der Waals surface area contributed by atoms with Crippen LogP contribution >= 0.6 is 0 Å². The van der Waals surface area contributed by atoms with E-state index < -0.39 is 10.0 Å². The predicted octanol–water partition coefficient (Wildman–Crippen LogP) is 0.669. The van der Waals surface area contributed by atoms with Gasteiger partial charge in [0.05, 0.1) is 0 Å². The van der Waals surface area contributed by atoms with Crippen molar-refractivity contribution in [3.8, 4) is 0 Å². The van der Waals surface area contributed by atoms with E-state index in [1.165, 1.54) is 15.2 Å². The zero-order valence-electron chi connectivity index (χ0n) is 10.9. The third kappa shape index (κ3) is 3.19. The van der Waals surface area contributed by atoms with Crippen LogP contribution in [0.3, 0.4) is 0 Å². The Morgan fingerprint density at radius 1 is 1.47 bits per heavy atom. The lowest BCUT2D eigenvalue weighted by Crippen LogP contribution is -2.34. The Kier molecular flexibility index (Phi) is 3.54. The number of aromatic nitrogens is 2. The van der Waals surface area contributed by atoms with Gasteiger partial charge in [-0.2, -0.15) is 5.10 Å². The van der Waals surface area contributed by atoms with Crippen LogP contribution in [0.1, 0.15) is 20.8 Å². The zero-order valence-corrected chi connectivity index (χ0v) is 11.7. The fraction of sp³-hybridized carbons (Fsp3) is 0.700. The first-order valence-electron chi connectivity index (χ1n) is 5.29. The number of sulfonamides is 1. The van der Waals surface area contributed by atoms with Crippen molar-refractivity contribution in [3.63, 3.8) is 0 Å². The lowest BCUT2D eigenvalue weighted by atomic mass is 9.97. The van der Waals surface area contributed by atoms with Gasteiger partial charge < -0.3 is 5.73 Å². The molecule has 0 atom stereocenters. The summed E-state index contributed by atoms with van der Waals surface area (Å²) in [6, 6.07) is 0. The van der Waals surface area contributed by atoms with Crippen molar-refractivity contribution in [1.29, 1.82) is 0 Å². The monoisotopic (exact) mass is 260 g/mol. The second-order valence-corrected chi connectivity index (χ2v) is 7.39. The fourth-order valence-electron chi connectivity index (χ4n) is 1.60. The molecule has 0 amide bonds. The van der Waals surface area contributed by atoms with Crippen LogP contribution in [0.4, 0.5) is 5.82 Å². The molecule has 1 heterocycles. The molecule has 0 saturated carbocycles. The van der Waals surface area contributed by atoms with Crippen LogP contribution in [0.5, 0.6) is 0 Å². The molecule has 17 heavy (non-hydrogen) atoms. The number of aryl methyl sites for hydroxylation is 1. The third-order valence-corrected chi connectivity index (χ3v) is 4.03. The normalized spacial score (nSPS) is 13.3. The number of hydrogen-bond acceptors (Lipinski definition) is 4. The number of nitrogens with two attached hydrogens (primary N) is 1. The molecule has 0 radical (unpaired) electrons. The number of rotatable bonds is 3. The summed E-state index contributed by atoms with van der Waals surface area (Å²) in [7, 11) is -0.370. The van der Waals surface area contributed by atoms with E-state index in [1.54, 1.807) is 14.1 Å². The largest absolute Gasteiger partial charge is 0.381 e. The molecule has 1 aromatic rings. The van der Waals surface area contributed by atoms with Gasteiger partial charge in [0.2, 0.25) is 10.0 Å². The van der Waals surface area contributed by atoms with Crippen LogP contribution < -0.4 is 5.73 Å². The van der Waals surface area contributed by atoms with E-state index in [2.05, 4.69) is 5.10 Å². The topological polar surface area (TPSA) is 81.2 Å². The van der Waals surface area contributed by atoms with Gasteiger partial charge in [0.15, 0.2) is 5.82 Å². The lowest BCUT2D eigenvalue weighted by molar-refractivity contribution is 0.311. The SMILES string of the molecule is CN(CC(C)(C)C)S(=O)(=O)c1cn(C)nc1N. The molecule has 0 fully saturated rings. The fourth-order valence-corrected chi connectivity index (χ4v) is 3.09. The van der Waals surface area contributed by atoms with Crippen LogP contribution in [0.25, 0.3) is 0 Å². The molecule has 0 aromatic carbocycles. The van der Waals surface area contributed by atoms with Gasteiger partial charge in [-0.05, 0) is 5.41 Å². The Hall–Kier alpha value is -1.08. The Balaban J connectivity index is 3.08. The average molecular weight is 260 g/mol. The van der Waals surface area contributed by atoms with Gasteiger partial charge in [-0.1, -0.05) is 20.8 Å². The Morgan fingerprint density at radius 2 is 2.00 bits per heavy atom. The second-order valence-electron chi connectivity index (χ2n) is 5.37. The first-order chi connectivity index (χ1) is 7.54. The van der Waals surface area contributed by atoms with Crippen molar-refractivity contribution < 1.29 is 8.42 Å². The molecule has 0 saturated heterocycles. The van der Waals surface area contributed by atoms with E-state index in [-0.39, 0.29) is 16.1 Å². The van der Waals surface area contributed by atoms with Crippen molar-refractivity contribution in [2.75, 3.05) is 19.3 Å². The minimum absolute atomic E-state index is 0.0354. The molecular weight excluding hydrogens is 240 g/mol. The minimum Gasteiger partial charge on any atom is -0.381 e. The summed E-state index contributed by atoms with van der Waals surface area (Å²) >= 11 is 0. The Bertz CT molecular complexity index is 499. The lowest BCUT2D eigenvalue weighted by Gasteiger charge is -2.25. The molecule has 2 N–H and O–H groups in total. The third-order valence-electron chi connectivity index (χ3n) is 2.21. The van der Waals surface area contributed by atoms with Crippen LogP contribution in [-0.4, -0.2) is 36.1 Å². The van der Waals surface area contributed by atoms with Gasteiger partial charge in [0.1, 0.15) is 4.90 Å². The van der Waals surface area contributed by atoms with Gasteiger partial charge in [0.25, 0.3) is 0 Å². The van der Waals surface area contributed by atoms with Crippen LogP contribution in [-0.2, 0) is 17.1 Å². The molecule has 0 aliphatic heterocycles. The minimum atomic E-state index is -3.56. The van der Waals surface area contributed by atoms with Gasteiger partial charge in [-0.3, -0.25) is 4.68 Å². The molecule has 6 nitrogen and oxygen atoms in total. The van der Waals surface area contributed by atoms with Crippen LogP contribution in [0.2, 0.25) is 0 Å². The molecule has 1 aromatic heterocycles. The maximum absolute atomic E-state index is 12.2. The Labute approximate surface area is 102 Å². The summed E-state index contributed by atoms with van der Waals surface area (Å²) in [4.78, 5) is 0.0618. The van der Waals surface area contributed by atoms with Crippen LogP contribution in [0.15, 0.2) is 11.1 Å². The van der Waals surface area contributed by atoms with Gasteiger partial charge in [-0.15, -0.1) is 0 Å². The highest BCUT2D eigenvalue weighted by Gasteiger charge is 2.28. The van der Waals surface area contributed by atoms with Gasteiger partial charge >= 0.3 is 0 Å². The summed E-state index contributed by atoms with van der Waals surface area (Å²) in [5.74, 6) is 0.0354. The second kappa shape index (κ2) is 4.30. The summed E-state index contributed by atoms with van der Waals surface area (Å²) in [5.41, 5.74) is 5.48. The van der Waals surface area contributed by atoms with Gasteiger partial charge in [0, 0.05) is 26.8 Å². The van der Waals surface area contributed by atoms with E-state index in [0.29, 0.717) is 6.54 Å². The number of hydrogen-bond donors (Lipinski definition) is 1. The average Bonchev–Trinajstić information content (AvgIpc) is 2.42. The highest BCUT2D eigenvalue weighted by atomic mass is 32.2. The number of nitrogen functional groups attached to an aromatic ring is 1. The van der Waals surface area contributed by atoms with Crippen molar-refractivity contribution in [2.45, 2.75) is 25.7 Å². The molecule has 0 spiro atoms. The number of anilines is 1. The molecular formula is C10H20N4O2S. The molecule has 0 aliphatic rings. The number of nitrogens with zero attached hydrogens (tertiary/aromatic N) is 3. The molecule has 7 heteroatoms. The predicted molar refractivity (Wildman–Crippen MR) is 66.9 cm³/mol. The molecule has 98 valence electrons. The maximum Gasteiger partial charge on any atom is 0.248 e. The highest BCUT2D eigenvalue weighted by Crippen LogP contribution is 2.23. The van der Waals surface area contributed by atoms with E-state index in [0.717, 1.165) is 0 Å². The molecule has 0 bridgehead atoms. The molecule has 1 rings (SSSR count). The first-order valence-corrected chi connectivity index (χ1v) is 6.73.